The molecule has 6 nitrogen and oxygen atoms in total. The maximum absolute atomic E-state index is 11.0. The predicted molar refractivity (Wildman–Crippen MR) is 78.2 cm³/mol. The maximum atomic E-state index is 11.0. The summed E-state index contributed by atoms with van der Waals surface area (Å²) >= 11 is 2.88. The van der Waals surface area contributed by atoms with Crippen molar-refractivity contribution in [3.63, 3.8) is 0 Å². The first-order chi connectivity index (χ1) is 9.58. The molecule has 1 heterocycles. The van der Waals surface area contributed by atoms with Crippen molar-refractivity contribution >= 4 is 34.2 Å². The number of hydrogen-bond acceptors (Lipinski definition) is 8. The van der Waals surface area contributed by atoms with Crippen molar-refractivity contribution in [2.75, 3.05) is 12.8 Å². The number of aromatic nitrogens is 2. The Hall–Kier alpha value is -1.80. The van der Waals surface area contributed by atoms with E-state index in [1.54, 1.807) is 6.07 Å². The van der Waals surface area contributed by atoms with Gasteiger partial charge in [0.2, 0.25) is 5.13 Å². The largest absolute Gasteiger partial charge is 0.493 e. The van der Waals surface area contributed by atoms with E-state index in [0.717, 1.165) is 9.90 Å². The van der Waals surface area contributed by atoms with Gasteiger partial charge in [0, 0.05) is 12.7 Å². The highest BCUT2D eigenvalue weighted by Gasteiger charge is 2.09. The third-order valence-electron chi connectivity index (χ3n) is 2.27. The van der Waals surface area contributed by atoms with Gasteiger partial charge in [-0.1, -0.05) is 29.2 Å². The number of ether oxygens (including phenoxy) is 2. The lowest BCUT2D eigenvalue weighted by atomic mass is 10.2. The molecular formula is C12H13N3O3S2. The average molecular weight is 311 g/mol. The minimum absolute atomic E-state index is 0.380. The Morgan fingerprint density at radius 3 is 2.80 bits per heavy atom. The van der Waals surface area contributed by atoms with Crippen LogP contribution in [0.4, 0.5) is 5.13 Å². The molecule has 0 fully saturated rings. The second-order valence-electron chi connectivity index (χ2n) is 3.77. The van der Waals surface area contributed by atoms with Crippen molar-refractivity contribution in [2.45, 2.75) is 17.0 Å². The minimum Gasteiger partial charge on any atom is -0.493 e. The van der Waals surface area contributed by atoms with E-state index in [0.29, 0.717) is 22.4 Å². The number of rotatable bonds is 5. The van der Waals surface area contributed by atoms with E-state index in [1.807, 2.05) is 12.1 Å². The van der Waals surface area contributed by atoms with Crippen LogP contribution in [0.2, 0.25) is 0 Å². The molecule has 8 heteroatoms. The summed E-state index contributed by atoms with van der Waals surface area (Å²) in [5, 5.41) is 8.14. The molecule has 0 bridgehead atoms. The first-order valence-corrected chi connectivity index (χ1v) is 7.46. The van der Waals surface area contributed by atoms with Crippen LogP contribution >= 0.6 is 23.1 Å². The SMILES string of the molecule is COc1cc(CSc2nnc(N)s2)ccc1OC(C)=O. The zero-order chi connectivity index (χ0) is 14.5. The van der Waals surface area contributed by atoms with Crippen LogP contribution in [0.1, 0.15) is 12.5 Å². The van der Waals surface area contributed by atoms with E-state index >= 15 is 0 Å². The van der Waals surface area contributed by atoms with E-state index in [2.05, 4.69) is 10.2 Å². The quantitative estimate of drug-likeness (QED) is 0.515. The Balaban J connectivity index is 2.07. The van der Waals surface area contributed by atoms with Gasteiger partial charge in [-0.15, -0.1) is 10.2 Å². The van der Waals surface area contributed by atoms with Crippen LogP contribution in [-0.4, -0.2) is 23.3 Å². The Morgan fingerprint density at radius 1 is 1.40 bits per heavy atom. The van der Waals surface area contributed by atoms with Crippen LogP contribution in [-0.2, 0) is 10.5 Å². The molecule has 106 valence electrons. The van der Waals surface area contributed by atoms with Gasteiger partial charge in [0.05, 0.1) is 7.11 Å². The molecule has 0 radical (unpaired) electrons. The molecule has 0 spiro atoms. The number of hydrogen-bond donors (Lipinski definition) is 1. The first kappa shape index (κ1) is 14.6. The summed E-state index contributed by atoms with van der Waals surface area (Å²) in [7, 11) is 1.53. The molecule has 2 N–H and O–H groups in total. The van der Waals surface area contributed by atoms with Gasteiger partial charge in [-0.3, -0.25) is 4.79 Å². The normalized spacial score (nSPS) is 10.3. The maximum Gasteiger partial charge on any atom is 0.308 e. The topological polar surface area (TPSA) is 87.3 Å². The molecule has 0 aliphatic carbocycles. The number of methoxy groups -OCH3 is 1. The summed E-state index contributed by atoms with van der Waals surface area (Å²) in [5.74, 6) is 1.25. The van der Waals surface area contributed by atoms with E-state index < -0.39 is 0 Å². The third-order valence-corrected chi connectivity index (χ3v) is 4.22. The van der Waals surface area contributed by atoms with Gasteiger partial charge in [-0.25, -0.2) is 0 Å². The van der Waals surface area contributed by atoms with Gasteiger partial charge < -0.3 is 15.2 Å². The highest BCUT2D eigenvalue weighted by Crippen LogP contribution is 2.32. The number of nitrogens with two attached hydrogens (primary N) is 1. The zero-order valence-corrected chi connectivity index (χ0v) is 12.6. The first-order valence-electron chi connectivity index (χ1n) is 5.65. The standard InChI is InChI=1S/C12H13N3O3S2/c1-7(16)18-9-4-3-8(5-10(9)17-2)6-19-12-15-14-11(13)20-12/h3-5H,6H2,1-2H3,(H2,13,14). The van der Waals surface area contributed by atoms with Crippen molar-refractivity contribution in [3.05, 3.63) is 23.8 Å². The fourth-order valence-electron chi connectivity index (χ4n) is 1.46. The van der Waals surface area contributed by atoms with E-state index in [4.69, 9.17) is 15.2 Å². The van der Waals surface area contributed by atoms with E-state index in [1.165, 1.54) is 37.1 Å². The Kier molecular flexibility index (Phi) is 4.80. The molecule has 0 atom stereocenters. The summed E-state index contributed by atoms with van der Waals surface area (Å²) in [6.07, 6.45) is 0. The predicted octanol–water partition coefficient (Wildman–Crippen LogP) is 2.35. The Bertz CT molecular complexity index is 616. The molecule has 1 aromatic heterocycles. The summed E-state index contributed by atoms with van der Waals surface area (Å²) in [4.78, 5) is 11.0. The van der Waals surface area contributed by atoms with Crippen LogP contribution in [0.5, 0.6) is 11.5 Å². The second kappa shape index (κ2) is 6.58. The van der Waals surface area contributed by atoms with Crippen molar-refractivity contribution in [2.24, 2.45) is 0 Å². The van der Waals surface area contributed by atoms with E-state index in [-0.39, 0.29) is 5.97 Å². The lowest BCUT2D eigenvalue weighted by molar-refractivity contribution is -0.132. The van der Waals surface area contributed by atoms with Gasteiger partial charge in [-0.2, -0.15) is 0 Å². The number of benzene rings is 1. The van der Waals surface area contributed by atoms with Gasteiger partial charge in [0.25, 0.3) is 0 Å². The molecule has 0 aliphatic rings. The van der Waals surface area contributed by atoms with Crippen molar-refractivity contribution in [1.82, 2.24) is 10.2 Å². The molecule has 1 aromatic carbocycles. The molecule has 0 unspecified atom stereocenters. The van der Waals surface area contributed by atoms with E-state index in [9.17, 15) is 4.79 Å². The number of thioether (sulfide) groups is 1. The van der Waals surface area contributed by atoms with Gasteiger partial charge >= 0.3 is 5.97 Å². The van der Waals surface area contributed by atoms with Gasteiger partial charge in [0.15, 0.2) is 15.8 Å². The fourth-order valence-corrected chi connectivity index (χ4v) is 3.04. The van der Waals surface area contributed by atoms with Crippen LogP contribution in [0.3, 0.4) is 0 Å². The second-order valence-corrected chi connectivity index (χ2v) is 6.01. The van der Waals surface area contributed by atoms with Crippen molar-refractivity contribution in [1.29, 1.82) is 0 Å². The highest BCUT2D eigenvalue weighted by molar-refractivity contribution is 8.00. The summed E-state index contributed by atoms with van der Waals surface area (Å²) in [5.41, 5.74) is 6.55. The van der Waals surface area contributed by atoms with Crippen LogP contribution in [0.15, 0.2) is 22.5 Å². The van der Waals surface area contributed by atoms with Crippen LogP contribution < -0.4 is 15.2 Å². The Labute approximate surface area is 124 Å². The highest BCUT2D eigenvalue weighted by atomic mass is 32.2. The molecule has 20 heavy (non-hydrogen) atoms. The third kappa shape index (κ3) is 3.84. The summed E-state index contributed by atoms with van der Waals surface area (Å²) in [6, 6.07) is 5.42. The fraction of sp³-hybridized carbons (Fsp3) is 0.250. The lowest BCUT2D eigenvalue weighted by Crippen LogP contribution is -2.03. The monoisotopic (exact) mass is 311 g/mol. The number of nitrogen functional groups attached to an aromatic ring is 1. The smallest absolute Gasteiger partial charge is 0.308 e. The van der Waals surface area contributed by atoms with Crippen LogP contribution in [0, 0.1) is 0 Å². The molecule has 2 aromatic rings. The molecule has 0 saturated carbocycles. The van der Waals surface area contributed by atoms with Crippen molar-refractivity contribution in [3.8, 4) is 11.5 Å². The number of anilines is 1. The average Bonchev–Trinajstić information content (AvgIpc) is 2.83. The molecular weight excluding hydrogens is 298 g/mol. The van der Waals surface area contributed by atoms with Gasteiger partial charge in [-0.05, 0) is 17.7 Å². The van der Waals surface area contributed by atoms with Gasteiger partial charge in [0.1, 0.15) is 0 Å². The number of esters is 1. The lowest BCUT2D eigenvalue weighted by Gasteiger charge is -2.09. The zero-order valence-electron chi connectivity index (χ0n) is 11.0. The number of nitrogens with zero attached hydrogens (tertiary/aromatic N) is 2. The molecule has 0 saturated heterocycles. The number of carbonyl (C=O) groups is 1. The number of carbonyl (C=O) groups excluding carboxylic acids is 1. The minimum atomic E-state index is -0.380. The van der Waals surface area contributed by atoms with Crippen molar-refractivity contribution < 1.29 is 14.3 Å². The van der Waals surface area contributed by atoms with Crippen LogP contribution in [0.25, 0.3) is 0 Å². The molecule has 2 rings (SSSR count). The Morgan fingerprint density at radius 2 is 2.20 bits per heavy atom. The summed E-state index contributed by atoms with van der Waals surface area (Å²) in [6.45, 7) is 1.35. The summed E-state index contributed by atoms with van der Waals surface area (Å²) < 4.78 is 11.1. The molecule has 0 aliphatic heterocycles. The molecule has 0 amide bonds.